The minimum Gasteiger partial charge on any atom is -0.460 e. The number of ether oxygens (including phenoxy) is 2. The highest BCUT2D eigenvalue weighted by Gasteiger charge is 2.39. The van der Waals surface area contributed by atoms with Gasteiger partial charge in [-0.1, -0.05) is 30.3 Å². The van der Waals surface area contributed by atoms with Crippen molar-refractivity contribution in [2.45, 2.75) is 72.0 Å². The zero-order valence-corrected chi connectivity index (χ0v) is 19.4. The zero-order chi connectivity index (χ0) is 22.5. The van der Waals surface area contributed by atoms with Crippen molar-refractivity contribution in [2.75, 3.05) is 13.1 Å². The van der Waals surface area contributed by atoms with Gasteiger partial charge in [-0.15, -0.1) is 6.58 Å². The fourth-order valence-corrected chi connectivity index (χ4v) is 3.73. The zero-order valence-electron chi connectivity index (χ0n) is 19.4. The van der Waals surface area contributed by atoms with E-state index < -0.39 is 11.2 Å². The van der Waals surface area contributed by atoms with E-state index in [1.807, 2.05) is 59.8 Å². The number of likely N-dealkylation sites (tertiary alicyclic amines) is 1. The van der Waals surface area contributed by atoms with Crippen molar-refractivity contribution in [1.29, 1.82) is 0 Å². The predicted molar refractivity (Wildman–Crippen MR) is 119 cm³/mol. The quantitative estimate of drug-likeness (QED) is 0.475. The molecule has 1 heterocycles. The molecule has 1 aliphatic heterocycles. The molecule has 0 bridgehead atoms. The van der Waals surface area contributed by atoms with Crippen molar-refractivity contribution in [1.82, 2.24) is 4.90 Å². The Morgan fingerprint density at radius 3 is 2.37 bits per heavy atom. The molecule has 1 aliphatic rings. The molecule has 1 fully saturated rings. The second-order valence-electron chi connectivity index (χ2n) is 10.1. The number of esters is 1. The van der Waals surface area contributed by atoms with E-state index >= 15 is 0 Å². The van der Waals surface area contributed by atoms with Gasteiger partial charge in [-0.2, -0.15) is 0 Å². The van der Waals surface area contributed by atoms with E-state index in [0.29, 0.717) is 19.5 Å². The van der Waals surface area contributed by atoms with E-state index in [2.05, 4.69) is 18.7 Å². The number of benzene rings is 1. The maximum absolute atomic E-state index is 13.1. The van der Waals surface area contributed by atoms with Gasteiger partial charge < -0.3 is 14.4 Å². The Labute approximate surface area is 181 Å². The Hall–Kier alpha value is -2.30. The number of carbonyl (C=O) groups excluding carboxylic acids is 2. The summed E-state index contributed by atoms with van der Waals surface area (Å²) in [7, 11) is 0. The second-order valence-corrected chi connectivity index (χ2v) is 10.1. The lowest BCUT2D eigenvalue weighted by atomic mass is 9.85. The molecule has 166 valence electrons. The maximum Gasteiger partial charge on any atom is 0.410 e. The van der Waals surface area contributed by atoms with Crippen molar-refractivity contribution < 1.29 is 19.1 Å². The molecule has 1 saturated heterocycles. The summed E-state index contributed by atoms with van der Waals surface area (Å²) in [5, 5.41) is 0. The van der Waals surface area contributed by atoms with Crippen LogP contribution in [0.2, 0.25) is 0 Å². The van der Waals surface area contributed by atoms with Crippen LogP contribution in [-0.2, 0) is 27.1 Å². The average Bonchev–Trinajstić information content (AvgIpc) is 3.07. The molecule has 0 N–H and O–H groups in total. The lowest BCUT2D eigenvalue weighted by Gasteiger charge is -2.28. The Kier molecular flexibility index (Phi) is 7.73. The molecule has 5 heteroatoms. The average molecular weight is 416 g/mol. The second kappa shape index (κ2) is 9.67. The van der Waals surface area contributed by atoms with Crippen molar-refractivity contribution >= 4 is 12.1 Å². The predicted octanol–water partition coefficient (Wildman–Crippen LogP) is 5.17. The molecule has 30 heavy (non-hydrogen) atoms. The molecule has 1 amide bonds. The van der Waals surface area contributed by atoms with Gasteiger partial charge in [0.25, 0.3) is 0 Å². The fraction of sp³-hybridized carbons (Fsp3) is 0.600. The van der Waals surface area contributed by atoms with Crippen LogP contribution in [0.1, 0.15) is 59.1 Å². The van der Waals surface area contributed by atoms with Crippen LogP contribution in [0.4, 0.5) is 4.79 Å². The first-order valence-corrected chi connectivity index (χ1v) is 10.8. The van der Waals surface area contributed by atoms with E-state index in [9.17, 15) is 9.59 Å². The van der Waals surface area contributed by atoms with Gasteiger partial charge in [0.1, 0.15) is 11.2 Å². The van der Waals surface area contributed by atoms with Crippen LogP contribution in [0.3, 0.4) is 0 Å². The smallest absolute Gasteiger partial charge is 0.410 e. The van der Waals surface area contributed by atoms with Gasteiger partial charge in [0.2, 0.25) is 0 Å². The Morgan fingerprint density at radius 1 is 1.13 bits per heavy atom. The summed E-state index contributed by atoms with van der Waals surface area (Å²) in [6, 6.07) is 8.25. The first-order chi connectivity index (χ1) is 13.9. The molecule has 2 rings (SSSR count). The molecular formula is C25H37NO4. The molecule has 0 aromatic heterocycles. The van der Waals surface area contributed by atoms with Gasteiger partial charge in [-0.3, -0.25) is 4.79 Å². The van der Waals surface area contributed by atoms with Crippen LogP contribution >= 0.6 is 0 Å². The third kappa shape index (κ3) is 7.51. The molecule has 0 aliphatic carbocycles. The van der Waals surface area contributed by atoms with Gasteiger partial charge >= 0.3 is 12.1 Å². The number of hydrogen-bond acceptors (Lipinski definition) is 4. The molecule has 0 saturated carbocycles. The van der Waals surface area contributed by atoms with E-state index in [4.69, 9.17) is 9.47 Å². The molecule has 5 nitrogen and oxygen atoms in total. The van der Waals surface area contributed by atoms with Crippen LogP contribution in [-0.4, -0.2) is 41.3 Å². The molecule has 2 atom stereocenters. The summed E-state index contributed by atoms with van der Waals surface area (Å²) in [6.07, 6.45) is 3.70. The van der Waals surface area contributed by atoms with Crippen molar-refractivity contribution in [3.63, 3.8) is 0 Å². The molecule has 1 aromatic carbocycles. The Balaban J connectivity index is 2.18. The number of hydrogen-bond donors (Lipinski definition) is 0. The molecule has 1 aromatic rings. The third-order valence-electron chi connectivity index (χ3n) is 4.98. The summed E-state index contributed by atoms with van der Waals surface area (Å²) in [5.74, 6) is -0.473. The first kappa shape index (κ1) is 24.0. The Bertz CT molecular complexity index is 757. The van der Waals surface area contributed by atoms with Gasteiger partial charge in [-0.05, 0) is 77.8 Å². The van der Waals surface area contributed by atoms with Crippen LogP contribution < -0.4 is 0 Å². The summed E-state index contributed by atoms with van der Waals surface area (Å²) >= 11 is 0. The summed E-state index contributed by atoms with van der Waals surface area (Å²) in [6.45, 7) is 16.1. The summed E-state index contributed by atoms with van der Waals surface area (Å²) in [5.41, 5.74) is 1.18. The molecule has 0 spiro atoms. The SMILES string of the molecule is C=CCc1cccc(C[C@@H](C(=O)OC(C)(C)C)[C@H]2CCN(C(=O)OC(C)(C)C)C2)c1. The minimum absolute atomic E-state index is 0.0374. The lowest BCUT2D eigenvalue weighted by Crippen LogP contribution is -2.38. The highest BCUT2D eigenvalue weighted by atomic mass is 16.6. The number of carbonyl (C=O) groups is 2. The largest absolute Gasteiger partial charge is 0.460 e. The highest BCUT2D eigenvalue weighted by Crippen LogP contribution is 2.30. The molecule has 0 radical (unpaired) electrons. The van der Waals surface area contributed by atoms with E-state index in [0.717, 1.165) is 18.4 Å². The number of allylic oxidation sites excluding steroid dienone is 1. The van der Waals surface area contributed by atoms with Crippen LogP contribution in [0.15, 0.2) is 36.9 Å². The van der Waals surface area contributed by atoms with Gasteiger partial charge in [0, 0.05) is 13.1 Å². The molecular weight excluding hydrogens is 378 g/mol. The van der Waals surface area contributed by atoms with Gasteiger partial charge in [-0.25, -0.2) is 4.79 Å². The normalized spacial score (nSPS) is 18.1. The summed E-state index contributed by atoms with van der Waals surface area (Å²) < 4.78 is 11.3. The standard InChI is InChI=1S/C25H37NO4/c1-8-10-18-11-9-12-19(15-18)16-21(22(27)29-24(2,3)4)20-13-14-26(17-20)23(28)30-25(5,6)7/h8-9,11-12,15,20-21H,1,10,13-14,16-17H2,2-7H3/t20-,21+/m0/s1. The lowest BCUT2D eigenvalue weighted by molar-refractivity contribution is -0.161. The van der Waals surface area contributed by atoms with E-state index in [1.165, 1.54) is 5.56 Å². The summed E-state index contributed by atoms with van der Waals surface area (Å²) in [4.78, 5) is 27.3. The topological polar surface area (TPSA) is 55.8 Å². The van der Waals surface area contributed by atoms with Gasteiger partial charge in [0.15, 0.2) is 0 Å². The number of nitrogens with zero attached hydrogens (tertiary/aromatic N) is 1. The first-order valence-electron chi connectivity index (χ1n) is 10.8. The van der Waals surface area contributed by atoms with Crippen molar-refractivity contribution in [3.05, 3.63) is 48.0 Å². The van der Waals surface area contributed by atoms with E-state index in [-0.39, 0.29) is 23.9 Å². The molecule has 0 unspecified atom stereocenters. The van der Waals surface area contributed by atoms with Crippen molar-refractivity contribution in [2.24, 2.45) is 11.8 Å². The highest BCUT2D eigenvalue weighted by molar-refractivity contribution is 5.74. The van der Waals surface area contributed by atoms with E-state index in [1.54, 1.807) is 4.90 Å². The fourth-order valence-electron chi connectivity index (χ4n) is 3.73. The number of rotatable bonds is 6. The maximum atomic E-state index is 13.1. The van der Waals surface area contributed by atoms with Crippen LogP contribution in [0.5, 0.6) is 0 Å². The van der Waals surface area contributed by atoms with Crippen LogP contribution in [0.25, 0.3) is 0 Å². The monoisotopic (exact) mass is 415 g/mol. The Morgan fingerprint density at radius 2 is 1.77 bits per heavy atom. The number of amides is 1. The van der Waals surface area contributed by atoms with Crippen LogP contribution in [0, 0.1) is 11.8 Å². The third-order valence-corrected chi connectivity index (χ3v) is 4.98. The van der Waals surface area contributed by atoms with Crippen molar-refractivity contribution in [3.8, 4) is 0 Å². The van der Waals surface area contributed by atoms with Gasteiger partial charge in [0.05, 0.1) is 5.92 Å². The minimum atomic E-state index is -0.552.